The standard InChI is InChI=1S/C26H18Cl2N4O2/c27-18-9-5-16(6-10-18)24-23-22(20(13-29)25(30)34-26(23)32-31-24)15-7-11-19(12-8-15)33-14-17-3-1-2-4-21(17)28/h1-12,22H,14,30H2,(H,31,32). The fraction of sp³-hybridized carbons (Fsp3) is 0.0769. The van der Waals surface area contributed by atoms with E-state index in [4.69, 9.17) is 38.4 Å². The number of H-pyrrole nitrogens is 1. The molecule has 168 valence electrons. The summed E-state index contributed by atoms with van der Waals surface area (Å²) in [5.74, 6) is 0.589. The molecule has 0 aliphatic carbocycles. The number of ether oxygens (including phenoxy) is 2. The van der Waals surface area contributed by atoms with Crippen molar-refractivity contribution >= 4 is 23.2 Å². The molecule has 1 aliphatic rings. The molecule has 0 saturated carbocycles. The Labute approximate surface area is 206 Å². The summed E-state index contributed by atoms with van der Waals surface area (Å²) in [6.45, 7) is 0.346. The van der Waals surface area contributed by atoms with Crippen molar-refractivity contribution in [2.75, 3.05) is 0 Å². The Bertz CT molecular complexity index is 1420. The van der Waals surface area contributed by atoms with Crippen LogP contribution in [0.5, 0.6) is 11.6 Å². The van der Waals surface area contributed by atoms with Crippen molar-refractivity contribution in [1.82, 2.24) is 10.2 Å². The first-order chi connectivity index (χ1) is 16.5. The fourth-order valence-electron chi connectivity index (χ4n) is 3.95. The molecule has 0 bridgehead atoms. The van der Waals surface area contributed by atoms with E-state index < -0.39 is 5.92 Å². The van der Waals surface area contributed by atoms with Crippen LogP contribution in [0.4, 0.5) is 0 Å². The molecule has 1 aliphatic heterocycles. The minimum Gasteiger partial charge on any atom is -0.489 e. The summed E-state index contributed by atoms with van der Waals surface area (Å²) in [5.41, 5.74) is 10.5. The molecule has 0 saturated heterocycles. The third-order valence-corrected chi connectivity index (χ3v) is 6.26. The zero-order valence-corrected chi connectivity index (χ0v) is 19.3. The van der Waals surface area contributed by atoms with Crippen molar-refractivity contribution in [2.24, 2.45) is 5.73 Å². The van der Waals surface area contributed by atoms with Gasteiger partial charge in [0.25, 0.3) is 0 Å². The number of hydrogen-bond donors (Lipinski definition) is 2. The van der Waals surface area contributed by atoms with Crippen molar-refractivity contribution in [3.8, 4) is 29.0 Å². The molecular formula is C26H18Cl2N4O2. The van der Waals surface area contributed by atoms with Gasteiger partial charge in [-0.05, 0) is 35.9 Å². The smallest absolute Gasteiger partial charge is 0.244 e. The number of halogens is 2. The lowest BCUT2D eigenvalue weighted by molar-refractivity contribution is 0.306. The minimum atomic E-state index is -0.462. The van der Waals surface area contributed by atoms with Crippen LogP contribution in [0.1, 0.15) is 22.6 Å². The molecule has 34 heavy (non-hydrogen) atoms. The first-order valence-corrected chi connectivity index (χ1v) is 11.2. The van der Waals surface area contributed by atoms with Crippen LogP contribution in [0.2, 0.25) is 10.0 Å². The van der Waals surface area contributed by atoms with Crippen LogP contribution in [0.25, 0.3) is 11.3 Å². The lowest BCUT2D eigenvalue weighted by Gasteiger charge is -2.24. The van der Waals surface area contributed by atoms with Crippen molar-refractivity contribution in [2.45, 2.75) is 12.5 Å². The van der Waals surface area contributed by atoms with E-state index in [9.17, 15) is 5.26 Å². The summed E-state index contributed by atoms with van der Waals surface area (Å²) >= 11 is 12.3. The number of aromatic nitrogens is 2. The predicted molar refractivity (Wildman–Crippen MR) is 131 cm³/mol. The average molecular weight is 489 g/mol. The molecule has 4 aromatic rings. The number of nitrogens with two attached hydrogens (primary N) is 1. The Morgan fingerprint density at radius 1 is 1.03 bits per heavy atom. The summed E-state index contributed by atoms with van der Waals surface area (Å²) in [7, 11) is 0. The molecule has 0 amide bonds. The molecule has 5 rings (SSSR count). The zero-order valence-electron chi connectivity index (χ0n) is 17.8. The van der Waals surface area contributed by atoms with Crippen molar-refractivity contribution in [3.05, 3.63) is 111 Å². The highest BCUT2D eigenvalue weighted by Gasteiger charge is 2.35. The molecule has 1 aromatic heterocycles. The second-order valence-corrected chi connectivity index (χ2v) is 8.54. The van der Waals surface area contributed by atoms with Gasteiger partial charge >= 0.3 is 0 Å². The number of nitriles is 1. The molecule has 3 N–H and O–H groups in total. The van der Waals surface area contributed by atoms with Gasteiger partial charge in [0.2, 0.25) is 11.8 Å². The fourth-order valence-corrected chi connectivity index (χ4v) is 4.26. The van der Waals surface area contributed by atoms with E-state index in [0.29, 0.717) is 33.9 Å². The summed E-state index contributed by atoms with van der Waals surface area (Å²) in [6.07, 6.45) is 0. The van der Waals surface area contributed by atoms with E-state index in [2.05, 4.69) is 16.3 Å². The first kappa shape index (κ1) is 21.9. The van der Waals surface area contributed by atoms with Crippen molar-refractivity contribution in [1.29, 1.82) is 5.26 Å². The van der Waals surface area contributed by atoms with Crippen molar-refractivity contribution < 1.29 is 9.47 Å². The van der Waals surface area contributed by atoms with E-state index >= 15 is 0 Å². The van der Waals surface area contributed by atoms with Gasteiger partial charge in [0.1, 0.15) is 24.0 Å². The number of nitrogens with one attached hydrogen (secondary N) is 1. The van der Waals surface area contributed by atoms with E-state index in [1.165, 1.54) is 0 Å². The Balaban J connectivity index is 1.49. The molecule has 3 aromatic carbocycles. The number of rotatable bonds is 5. The van der Waals surface area contributed by atoms with Gasteiger partial charge in [0.05, 0.1) is 17.2 Å². The molecular weight excluding hydrogens is 471 g/mol. The van der Waals surface area contributed by atoms with E-state index in [-0.39, 0.29) is 5.88 Å². The number of nitrogens with zero attached hydrogens (tertiary/aromatic N) is 2. The van der Waals surface area contributed by atoms with Gasteiger partial charge in [-0.25, -0.2) is 0 Å². The summed E-state index contributed by atoms with van der Waals surface area (Å²) < 4.78 is 11.6. The number of fused-ring (bicyclic) bond motifs is 1. The maximum Gasteiger partial charge on any atom is 0.244 e. The van der Waals surface area contributed by atoms with Crippen LogP contribution in [0.3, 0.4) is 0 Å². The van der Waals surface area contributed by atoms with E-state index in [0.717, 1.165) is 27.9 Å². The molecule has 0 fully saturated rings. The Morgan fingerprint density at radius 3 is 2.47 bits per heavy atom. The van der Waals surface area contributed by atoms with Gasteiger partial charge in [-0.3, -0.25) is 5.10 Å². The Morgan fingerprint density at radius 2 is 1.76 bits per heavy atom. The van der Waals surface area contributed by atoms with Gasteiger partial charge in [-0.1, -0.05) is 65.7 Å². The van der Waals surface area contributed by atoms with Crippen LogP contribution < -0.4 is 15.2 Å². The third kappa shape index (κ3) is 4.08. The quantitative estimate of drug-likeness (QED) is 0.349. The number of allylic oxidation sites excluding steroid dienone is 1. The largest absolute Gasteiger partial charge is 0.489 e. The highest BCUT2D eigenvalue weighted by Crippen LogP contribution is 2.45. The monoisotopic (exact) mass is 488 g/mol. The molecule has 0 radical (unpaired) electrons. The lowest BCUT2D eigenvalue weighted by atomic mass is 9.83. The molecule has 8 heteroatoms. The van der Waals surface area contributed by atoms with Gasteiger partial charge in [0, 0.05) is 21.2 Å². The summed E-state index contributed by atoms with van der Waals surface area (Å²) in [5, 5.41) is 18.5. The summed E-state index contributed by atoms with van der Waals surface area (Å²) in [6, 6.07) is 24.6. The van der Waals surface area contributed by atoms with Crippen LogP contribution in [-0.4, -0.2) is 10.2 Å². The van der Waals surface area contributed by atoms with Gasteiger partial charge in [0.15, 0.2) is 0 Å². The van der Waals surface area contributed by atoms with Crippen LogP contribution >= 0.6 is 23.2 Å². The highest BCUT2D eigenvalue weighted by atomic mass is 35.5. The molecule has 0 spiro atoms. The Kier molecular flexibility index (Phi) is 5.89. The molecule has 1 atom stereocenters. The maximum atomic E-state index is 9.89. The average Bonchev–Trinajstić information content (AvgIpc) is 3.27. The van der Waals surface area contributed by atoms with Crippen LogP contribution in [0.15, 0.2) is 84.3 Å². The number of hydrogen-bond acceptors (Lipinski definition) is 5. The molecule has 2 heterocycles. The Hall–Kier alpha value is -3.92. The van der Waals surface area contributed by atoms with E-state index in [1.54, 1.807) is 12.1 Å². The first-order valence-electron chi connectivity index (χ1n) is 10.4. The SMILES string of the molecule is N#CC1=C(N)Oc2n[nH]c(-c3ccc(Cl)cc3)c2C1c1ccc(OCc2ccccc2Cl)cc1. The van der Waals surface area contributed by atoms with Gasteiger partial charge in [-0.15, -0.1) is 5.10 Å². The van der Waals surface area contributed by atoms with Crippen molar-refractivity contribution in [3.63, 3.8) is 0 Å². The number of aromatic amines is 1. The summed E-state index contributed by atoms with van der Waals surface area (Å²) in [4.78, 5) is 0. The van der Waals surface area contributed by atoms with E-state index in [1.807, 2.05) is 60.7 Å². The minimum absolute atomic E-state index is 0.0354. The normalized spacial score (nSPS) is 14.8. The zero-order chi connectivity index (χ0) is 23.7. The van der Waals surface area contributed by atoms with Gasteiger partial charge < -0.3 is 15.2 Å². The second-order valence-electron chi connectivity index (χ2n) is 7.70. The molecule has 6 nitrogen and oxygen atoms in total. The molecule has 1 unspecified atom stereocenters. The van der Waals surface area contributed by atoms with Crippen LogP contribution in [-0.2, 0) is 6.61 Å². The lowest BCUT2D eigenvalue weighted by Crippen LogP contribution is -2.21. The third-order valence-electron chi connectivity index (χ3n) is 5.64. The number of benzene rings is 3. The maximum absolute atomic E-state index is 9.89. The predicted octanol–water partition coefficient (Wildman–Crippen LogP) is 6.18. The highest BCUT2D eigenvalue weighted by molar-refractivity contribution is 6.31. The second kappa shape index (κ2) is 9.14. The van der Waals surface area contributed by atoms with Crippen LogP contribution in [0, 0.1) is 11.3 Å². The van der Waals surface area contributed by atoms with Gasteiger partial charge in [-0.2, -0.15) is 5.26 Å². The topological polar surface area (TPSA) is 97.0 Å².